The van der Waals surface area contributed by atoms with Gasteiger partial charge in [0.1, 0.15) is 29.3 Å². The van der Waals surface area contributed by atoms with E-state index in [0.29, 0.717) is 34.0 Å². The van der Waals surface area contributed by atoms with Crippen LogP contribution >= 0.6 is 0 Å². The molecule has 0 unspecified atom stereocenters. The summed E-state index contributed by atoms with van der Waals surface area (Å²) in [6.45, 7) is -0.216. The summed E-state index contributed by atoms with van der Waals surface area (Å²) in [5.41, 5.74) is 4.38. The Bertz CT molecular complexity index is 2130. The molecule has 0 saturated carbocycles. The predicted octanol–water partition coefficient (Wildman–Crippen LogP) is 5.78. The zero-order valence-corrected chi connectivity index (χ0v) is 25.5. The van der Waals surface area contributed by atoms with E-state index in [-0.39, 0.29) is 23.4 Å². The number of ether oxygens (including phenoxy) is 2. The SMILES string of the molecule is COc1ccc(Cn2nc(C(=O)CN3C(=O)c4ccccc4C3=O)c3c(Nc4cc(-c5ccccc5)ccc4OC)ncnc32)cc1. The molecule has 1 N–H and O–H groups in total. The molecule has 0 radical (unpaired) electrons. The van der Waals surface area contributed by atoms with Gasteiger partial charge in [-0.2, -0.15) is 5.10 Å². The molecule has 4 aromatic carbocycles. The van der Waals surface area contributed by atoms with E-state index in [1.54, 1.807) is 43.2 Å². The molecule has 0 spiro atoms. The number of hydrogen-bond acceptors (Lipinski definition) is 9. The standard InChI is InChI=1S/C36H28N6O5/c1-46-25-15-12-22(13-16-25)19-42-34-31(32(40-42)29(43)20-41-35(44)26-10-6-7-11-27(26)36(41)45)33(37-21-38-34)39-28-18-24(14-17-30(28)47-2)23-8-4-3-5-9-23/h3-18,21H,19-20H2,1-2H3,(H,37,38,39). The molecule has 11 heteroatoms. The number of methoxy groups -OCH3 is 2. The van der Waals surface area contributed by atoms with Gasteiger partial charge in [-0.3, -0.25) is 19.3 Å². The van der Waals surface area contributed by atoms with Crippen LogP contribution in [0.4, 0.5) is 11.5 Å². The number of ketones is 1. The van der Waals surface area contributed by atoms with Crippen molar-refractivity contribution in [2.75, 3.05) is 26.1 Å². The number of benzene rings is 4. The smallest absolute Gasteiger partial charge is 0.261 e. The molecular weight excluding hydrogens is 596 g/mol. The Labute approximate surface area is 269 Å². The van der Waals surface area contributed by atoms with Crippen LogP contribution in [0.25, 0.3) is 22.2 Å². The molecule has 1 aliphatic heterocycles. The monoisotopic (exact) mass is 624 g/mol. The van der Waals surface area contributed by atoms with E-state index in [1.807, 2.05) is 72.8 Å². The third-order valence-electron chi connectivity index (χ3n) is 8.02. The van der Waals surface area contributed by atoms with Crippen LogP contribution in [0, 0.1) is 0 Å². The van der Waals surface area contributed by atoms with Crippen LogP contribution in [-0.4, -0.2) is 63.0 Å². The van der Waals surface area contributed by atoms with Crippen molar-refractivity contribution >= 4 is 40.1 Å². The molecular formula is C36H28N6O5. The number of nitrogens with one attached hydrogen (secondary N) is 1. The van der Waals surface area contributed by atoms with Crippen molar-refractivity contribution in [2.45, 2.75) is 6.54 Å². The third-order valence-corrected chi connectivity index (χ3v) is 8.02. The fourth-order valence-electron chi connectivity index (χ4n) is 5.66. The summed E-state index contributed by atoms with van der Waals surface area (Å²) in [5, 5.41) is 8.38. The van der Waals surface area contributed by atoms with Gasteiger partial charge >= 0.3 is 0 Å². The Balaban J connectivity index is 1.31. The molecule has 3 heterocycles. The molecule has 0 fully saturated rings. The van der Waals surface area contributed by atoms with Crippen LogP contribution in [0.1, 0.15) is 36.8 Å². The first kappa shape index (κ1) is 29.4. The summed E-state index contributed by atoms with van der Waals surface area (Å²) >= 11 is 0. The van der Waals surface area contributed by atoms with Gasteiger partial charge in [-0.15, -0.1) is 0 Å². The number of rotatable bonds is 10. The van der Waals surface area contributed by atoms with E-state index >= 15 is 0 Å². The largest absolute Gasteiger partial charge is 0.497 e. The van der Waals surface area contributed by atoms with Crippen LogP contribution in [0.5, 0.6) is 11.5 Å². The molecule has 2 aromatic heterocycles. The second kappa shape index (κ2) is 12.2. The van der Waals surface area contributed by atoms with Gasteiger partial charge in [0, 0.05) is 0 Å². The maximum absolute atomic E-state index is 14.0. The second-order valence-corrected chi connectivity index (χ2v) is 10.8. The predicted molar refractivity (Wildman–Crippen MR) is 175 cm³/mol. The number of imide groups is 1. The van der Waals surface area contributed by atoms with Crippen molar-refractivity contribution in [3.63, 3.8) is 0 Å². The molecule has 47 heavy (non-hydrogen) atoms. The normalized spacial score (nSPS) is 12.3. The number of aromatic nitrogens is 4. The number of Topliss-reactive ketones (excluding diaryl/α,β-unsaturated/α-hetero) is 1. The first-order valence-electron chi connectivity index (χ1n) is 14.8. The lowest BCUT2D eigenvalue weighted by Crippen LogP contribution is -2.35. The first-order valence-corrected chi connectivity index (χ1v) is 14.8. The molecule has 2 amide bonds. The summed E-state index contributed by atoms with van der Waals surface area (Å²) in [6, 6.07) is 29.6. The van der Waals surface area contributed by atoms with E-state index in [1.165, 1.54) is 6.33 Å². The Morgan fingerprint density at radius 3 is 2.17 bits per heavy atom. The number of hydrogen-bond donors (Lipinski definition) is 1. The van der Waals surface area contributed by atoms with Crippen molar-refractivity contribution in [2.24, 2.45) is 0 Å². The number of carbonyl (C=O) groups excluding carboxylic acids is 3. The van der Waals surface area contributed by atoms with Gasteiger partial charge in [0.15, 0.2) is 5.65 Å². The molecule has 0 atom stereocenters. The molecule has 0 aliphatic carbocycles. The molecule has 0 bridgehead atoms. The highest BCUT2D eigenvalue weighted by Gasteiger charge is 2.37. The molecule has 0 saturated heterocycles. The first-order chi connectivity index (χ1) is 22.9. The van der Waals surface area contributed by atoms with Gasteiger partial charge in [0.25, 0.3) is 11.8 Å². The fraction of sp³-hybridized carbons (Fsp3) is 0.111. The van der Waals surface area contributed by atoms with Gasteiger partial charge in [-0.25, -0.2) is 14.6 Å². The highest BCUT2D eigenvalue weighted by atomic mass is 16.5. The minimum atomic E-state index is -0.541. The average molecular weight is 625 g/mol. The van der Waals surface area contributed by atoms with Gasteiger partial charge in [0.2, 0.25) is 5.78 Å². The number of fused-ring (bicyclic) bond motifs is 2. The van der Waals surface area contributed by atoms with E-state index in [2.05, 4.69) is 15.3 Å². The van der Waals surface area contributed by atoms with Crippen molar-refractivity contribution in [3.05, 3.63) is 126 Å². The van der Waals surface area contributed by atoms with Gasteiger partial charge in [-0.05, 0) is 53.1 Å². The zero-order valence-electron chi connectivity index (χ0n) is 25.5. The Kier molecular flexibility index (Phi) is 7.62. The van der Waals surface area contributed by atoms with Gasteiger partial charge in [-0.1, -0.05) is 60.7 Å². The Morgan fingerprint density at radius 1 is 0.787 bits per heavy atom. The highest BCUT2D eigenvalue weighted by molar-refractivity contribution is 6.23. The molecule has 7 rings (SSSR count). The molecule has 6 aromatic rings. The van der Waals surface area contributed by atoms with Gasteiger partial charge < -0.3 is 14.8 Å². The Morgan fingerprint density at radius 2 is 1.49 bits per heavy atom. The minimum Gasteiger partial charge on any atom is -0.497 e. The topological polar surface area (TPSA) is 129 Å². The quantitative estimate of drug-likeness (QED) is 0.149. The average Bonchev–Trinajstić information content (AvgIpc) is 3.60. The molecule has 232 valence electrons. The van der Waals surface area contributed by atoms with Crippen molar-refractivity contribution in [1.29, 1.82) is 0 Å². The molecule has 1 aliphatic rings. The van der Waals surface area contributed by atoms with Crippen molar-refractivity contribution in [3.8, 4) is 22.6 Å². The second-order valence-electron chi connectivity index (χ2n) is 10.8. The lowest BCUT2D eigenvalue weighted by atomic mass is 10.0. The maximum atomic E-state index is 14.0. The lowest BCUT2D eigenvalue weighted by Gasteiger charge is -2.14. The summed E-state index contributed by atoms with van der Waals surface area (Å²) in [7, 11) is 3.17. The third kappa shape index (κ3) is 5.44. The number of anilines is 2. The van der Waals surface area contributed by atoms with Crippen LogP contribution in [0.15, 0.2) is 103 Å². The van der Waals surface area contributed by atoms with Crippen molar-refractivity contribution < 1.29 is 23.9 Å². The molecule has 11 nitrogen and oxygen atoms in total. The van der Waals surface area contributed by atoms with Crippen LogP contribution in [0.2, 0.25) is 0 Å². The van der Waals surface area contributed by atoms with E-state index in [0.717, 1.165) is 21.6 Å². The highest BCUT2D eigenvalue weighted by Crippen LogP contribution is 2.35. The van der Waals surface area contributed by atoms with E-state index in [4.69, 9.17) is 14.6 Å². The lowest BCUT2D eigenvalue weighted by molar-refractivity contribution is 0.0623. The van der Waals surface area contributed by atoms with E-state index < -0.39 is 24.1 Å². The zero-order chi connectivity index (χ0) is 32.5. The van der Waals surface area contributed by atoms with E-state index in [9.17, 15) is 14.4 Å². The number of nitrogens with zero attached hydrogens (tertiary/aromatic N) is 5. The van der Waals surface area contributed by atoms with Gasteiger partial charge in [0.05, 0.1) is 49.5 Å². The summed E-state index contributed by atoms with van der Waals surface area (Å²) in [5.74, 6) is -0.0284. The maximum Gasteiger partial charge on any atom is 0.261 e. The number of amides is 2. The summed E-state index contributed by atoms with van der Waals surface area (Å²) in [6.07, 6.45) is 1.39. The van der Waals surface area contributed by atoms with Crippen molar-refractivity contribution in [1.82, 2.24) is 24.6 Å². The number of carbonyl (C=O) groups is 3. The van der Waals surface area contributed by atoms with Crippen LogP contribution < -0.4 is 14.8 Å². The summed E-state index contributed by atoms with van der Waals surface area (Å²) in [4.78, 5) is 50.3. The van der Waals surface area contributed by atoms with Crippen LogP contribution in [0.3, 0.4) is 0 Å². The van der Waals surface area contributed by atoms with Crippen LogP contribution in [-0.2, 0) is 6.54 Å². The summed E-state index contributed by atoms with van der Waals surface area (Å²) < 4.78 is 12.6. The fourth-order valence-corrected chi connectivity index (χ4v) is 5.66. The minimum absolute atomic E-state index is 0.0198. The Hall–Kier alpha value is -6.36.